The number of carbonyl (C=O) groups excluding carboxylic acids is 1. The molecule has 1 aromatic carbocycles. The molecular weight excluding hydrogens is 276 g/mol. The van der Waals surface area contributed by atoms with Crippen molar-refractivity contribution in [2.45, 2.75) is 32.4 Å². The highest BCUT2D eigenvalue weighted by Crippen LogP contribution is 2.24. The lowest BCUT2D eigenvalue weighted by molar-refractivity contribution is -0.117. The van der Waals surface area contributed by atoms with Crippen LogP contribution in [0.15, 0.2) is 36.8 Å². The summed E-state index contributed by atoms with van der Waals surface area (Å²) < 4.78 is 2.01. The van der Waals surface area contributed by atoms with Gasteiger partial charge in [-0.3, -0.25) is 4.79 Å². The fourth-order valence-electron chi connectivity index (χ4n) is 2.81. The fraction of sp³-hybridized carbons (Fsp3) is 0.412. The molecule has 1 aliphatic rings. The van der Waals surface area contributed by atoms with Crippen molar-refractivity contribution in [2.24, 2.45) is 7.05 Å². The Kier molecular flexibility index (Phi) is 4.24. The molecule has 5 heteroatoms. The molecule has 1 atom stereocenters. The summed E-state index contributed by atoms with van der Waals surface area (Å²) in [7, 11) is 1.99. The summed E-state index contributed by atoms with van der Waals surface area (Å²) in [6.45, 7) is 3.74. The molecule has 22 heavy (non-hydrogen) atoms. The summed E-state index contributed by atoms with van der Waals surface area (Å²) in [6.07, 6.45) is 5.30. The first-order chi connectivity index (χ1) is 10.6. The Bertz CT molecular complexity index is 664. The van der Waals surface area contributed by atoms with Crippen LogP contribution in [0.3, 0.4) is 0 Å². The summed E-state index contributed by atoms with van der Waals surface area (Å²) in [4.78, 5) is 17.9. The highest BCUT2D eigenvalue weighted by molar-refractivity contribution is 5.95. The van der Waals surface area contributed by atoms with E-state index >= 15 is 0 Å². The van der Waals surface area contributed by atoms with E-state index in [1.807, 2.05) is 34.8 Å². The number of nitrogens with zero attached hydrogens (tertiary/aromatic N) is 3. The summed E-state index contributed by atoms with van der Waals surface area (Å²) >= 11 is 0. The Morgan fingerprint density at radius 3 is 2.95 bits per heavy atom. The zero-order chi connectivity index (χ0) is 15.5. The molecule has 0 radical (unpaired) electrons. The van der Waals surface area contributed by atoms with Crippen LogP contribution in [0.2, 0.25) is 0 Å². The number of hydrogen-bond donors (Lipinski definition) is 1. The highest BCUT2D eigenvalue weighted by Gasteiger charge is 2.22. The molecule has 1 saturated heterocycles. The molecule has 5 nitrogen and oxygen atoms in total. The van der Waals surface area contributed by atoms with Gasteiger partial charge in [-0.2, -0.15) is 0 Å². The van der Waals surface area contributed by atoms with Gasteiger partial charge in [0.15, 0.2) is 0 Å². The van der Waals surface area contributed by atoms with Crippen LogP contribution in [-0.4, -0.2) is 22.0 Å². The predicted molar refractivity (Wildman–Crippen MR) is 86.5 cm³/mol. The quantitative estimate of drug-likeness (QED) is 0.922. The standard InChI is InChI=1S/C17H22N4O/c1-13(19-11-16-10-18-12-20(16)2)14-5-3-6-15(9-14)21-8-4-7-17(21)22/h3,5-6,9-10,12-13,19H,4,7-8,11H2,1-2H3/t13-/m0/s1. The van der Waals surface area contributed by atoms with Crippen molar-refractivity contribution in [3.63, 3.8) is 0 Å². The fourth-order valence-corrected chi connectivity index (χ4v) is 2.81. The van der Waals surface area contributed by atoms with Crippen molar-refractivity contribution in [1.29, 1.82) is 0 Å². The molecule has 2 aromatic rings. The molecular formula is C17H22N4O. The lowest BCUT2D eigenvalue weighted by atomic mass is 10.1. The van der Waals surface area contributed by atoms with E-state index in [-0.39, 0.29) is 11.9 Å². The molecule has 116 valence electrons. The van der Waals surface area contributed by atoms with Crippen LogP contribution in [0.1, 0.15) is 37.1 Å². The highest BCUT2D eigenvalue weighted by atomic mass is 16.2. The monoisotopic (exact) mass is 298 g/mol. The maximum absolute atomic E-state index is 11.9. The third-order valence-corrected chi connectivity index (χ3v) is 4.26. The Balaban J connectivity index is 1.68. The van der Waals surface area contributed by atoms with Crippen molar-refractivity contribution in [2.75, 3.05) is 11.4 Å². The van der Waals surface area contributed by atoms with Gasteiger partial charge in [-0.05, 0) is 31.0 Å². The van der Waals surface area contributed by atoms with Gasteiger partial charge in [0.1, 0.15) is 0 Å². The molecule has 1 aromatic heterocycles. The van der Waals surface area contributed by atoms with E-state index in [0.29, 0.717) is 6.42 Å². The summed E-state index contributed by atoms with van der Waals surface area (Å²) in [5, 5.41) is 3.51. The molecule has 0 unspecified atom stereocenters. The topological polar surface area (TPSA) is 50.2 Å². The van der Waals surface area contributed by atoms with Gasteiger partial charge in [0, 0.05) is 44.5 Å². The van der Waals surface area contributed by atoms with Crippen LogP contribution < -0.4 is 10.2 Å². The molecule has 0 aliphatic carbocycles. The number of aromatic nitrogens is 2. The molecule has 0 spiro atoms. The SMILES string of the molecule is C[C@H](NCc1cncn1C)c1cccc(N2CCCC2=O)c1. The van der Waals surface area contributed by atoms with Crippen molar-refractivity contribution in [3.8, 4) is 0 Å². The Labute approximate surface area is 131 Å². The average molecular weight is 298 g/mol. The smallest absolute Gasteiger partial charge is 0.227 e. The van der Waals surface area contributed by atoms with E-state index in [4.69, 9.17) is 0 Å². The Hall–Kier alpha value is -2.14. The first-order valence-electron chi connectivity index (χ1n) is 7.74. The Morgan fingerprint density at radius 2 is 2.27 bits per heavy atom. The van der Waals surface area contributed by atoms with Gasteiger partial charge < -0.3 is 14.8 Å². The number of carbonyl (C=O) groups is 1. The molecule has 0 bridgehead atoms. The number of rotatable bonds is 5. The lowest BCUT2D eigenvalue weighted by Crippen LogP contribution is -2.24. The largest absolute Gasteiger partial charge is 0.337 e. The van der Waals surface area contributed by atoms with Gasteiger partial charge in [-0.25, -0.2) is 4.98 Å². The molecule has 1 N–H and O–H groups in total. The zero-order valence-corrected chi connectivity index (χ0v) is 13.1. The van der Waals surface area contributed by atoms with Crippen LogP contribution in [0, 0.1) is 0 Å². The van der Waals surface area contributed by atoms with E-state index in [9.17, 15) is 4.79 Å². The minimum Gasteiger partial charge on any atom is -0.337 e. The van der Waals surface area contributed by atoms with E-state index in [1.54, 1.807) is 6.33 Å². The van der Waals surface area contributed by atoms with E-state index in [1.165, 1.54) is 5.56 Å². The first kappa shape index (κ1) is 14.8. The van der Waals surface area contributed by atoms with E-state index in [0.717, 1.165) is 30.9 Å². The predicted octanol–water partition coefficient (Wildman–Crippen LogP) is 2.40. The summed E-state index contributed by atoms with van der Waals surface area (Å²) in [5.74, 6) is 0.229. The second-order valence-electron chi connectivity index (χ2n) is 5.84. The first-order valence-corrected chi connectivity index (χ1v) is 7.74. The molecule has 1 amide bonds. The minimum absolute atomic E-state index is 0.215. The van der Waals surface area contributed by atoms with Crippen LogP contribution in [0.5, 0.6) is 0 Å². The number of amides is 1. The van der Waals surface area contributed by atoms with Crippen molar-refractivity contribution in [3.05, 3.63) is 48.0 Å². The molecule has 3 rings (SSSR count). The van der Waals surface area contributed by atoms with Gasteiger partial charge in [0.2, 0.25) is 5.91 Å². The maximum Gasteiger partial charge on any atom is 0.227 e. The third-order valence-electron chi connectivity index (χ3n) is 4.26. The van der Waals surface area contributed by atoms with Crippen molar-refractivity contribution >= 4 is 11.6 Å². The number of benzene rings is 1. The zero-order valence-electron chi connectivity index (χ0n) is 13.1. The second-order valence-corrected chi connectivity index (χ2v) is 5.84. The van der Waals surface area contributed by atoms with Gasteiger partial charge >= 0.3 is 0 Å². The van der Waals surface area contributed by atoms with Crippen LogP contribution in [0.25, 0.3) is 0 Å². The van der Waals surface area contributed by atoms with E-state index in [2.05, 4.69) is 29.4 Å². The molecule has 1 aliphatic heterocycles. The van der Waals surface area contributed by atoms with Crippen LogP contribution in [-0.2, 0) is 18.4 Å². The second kappa shape index (κ2) is 6.32. The number of nitrogens with one attached hydrogen (secondary N) is 1. The number of anilines is 1. The summed E-state index contributed by atoms with van der Waals surface area (Å²) in [6, 6.07) is 8.47. The Morgan fingerprint density at radius 1 is 1.41 bits per heavy atom. The number of aryl methyl sites for hydroxylation is 1. The maximum atomic E-state index is 11.9. The minimum atomic E-state index is 0.215. The lowest BCUT2D eigenvalue weighted by Gasteiger charge is -2.19. The third kappa shape index (κ3) is 3.04. The van der Waals surface area contributed by atoms with Gasteiger partial charge in [-0.1, -0.05) is 12.1 Å². The molecule has 2 heterocycles. The van der Waals surface area contributed by atoms with Crippen LogP contribution >= 0.6 is 0 Å². The van der Waals surface area contributed by atoms with E-state index < -0.39 is 0 Å². The molecule has 1 fully saturated rings. The van der Waals surface area contributed by atoms with Crippen molar-refractivity contribution in [1.82, 2.24) is 14.9 Å². The number of hydrogen-bond acceptors (Lipinski definition) is 3. The van der Waals surface area contributed by atoms with Gasteiger partial charge in [0.25, 0.3) is 0 Å². The van der Waals surface area contributed by atoms with Gasteiger partial charge in [-0.15, -0.1) is 0 Å². The normalized spacial score (nSPS) is 16.3. The van der Waals surface area contributed by atoms with Gasteiger partial charge in [0.05, 0.1) is 12.0 Å². The number of imidazole rings is 1. The molecule has 0 saturated carbocycles. The van der Waals surface area contributed by atoms with Crippen LogP contribution in [0.4, 0.5) is 5.69 Å². The van der Waals surface area contributed by atoms with Crippen molar-refractivity contribution < 1.29 is 4.79 Å². The summed E-state index contributed by atoms with van der Waals surface area (Å²) in [5.41, 5.74) is 3.35. The average Bonchev–Trinajstić information content (AvgIpc) is 3.13.